The molecule has 0 N–H and O–H groups in total. The lowest BCUT2D eigenvalue weighted by Crippen LogP contribution is -2.33. The van der Waals surface area contributed by atoms with Crippen molar-refractivity contribution in [3.8, 4) is 5.75 Å². The van der Waals surface area contributed by atoms with E-state index in [-0.39, 0.29) is 17.0 Å². The molecule has 16 heavy (non-hydrogen) atoms. The molecule has 1 aliphatic rings. The van der Waals surface area contributed by atoms with Crippen LogP contribution in [0.25, 0.3) is 0 Å². The van der Waals surface area contributed by atoms with Crippen molar-refractivity contribution in [2.24, 2.45) is 0 Å². The first kappa shape index (κ1) is 11.2. The summed E-state index contributed by atoms with van der Waals surface area (Å²) in [6, 6.07) is 3.31. The van der Waals surface area contributed by atoms with Crippen LogP contribution in [0.15, 0.2) is 18.2 Å². The molecule has 0 saturated heterocycles. The molecule has 1 unspecified atom stereocenters. The molecule has 5 nitrogen and oxygen atoms in total. The van der Waals surface area contributed by atoms with Crippen LogP contribution in [0, 0.1) is 10.1 Å². The molecule has 8 heteroatoms. The van der Waals surface area contributed by atoms with Gasteiger partial charge in [-0.1, -0.05) is 15.9 Å². The molecule has 1 atom stereocenters. The standard InChI is InChI=1S/C8H4BrF2NO4/c9-7-5-3-4(12(13)14)1-2-6(5)15-8(10,11)16-7/h1-3,7H. The summed E-state index contributed by atoms with van der Waals surface area (Å²) in [5.74, 6) is -0.149. The average molecular weight is 296 g/mol. The molecule has 0 aliphatic carbocycles. The molecule has 0 spiro atoms. The number of ether oxygens (including phenoxy) is 2. The summed E-state index contributed by atoms with van der Waals surface area (Å²) in [5, 5.41) is 9.33. The van der Waals surface area contributed by atoms with Crippen LogP contribution >= 0.6 is 15.9 Å². The predicted molar refractivity (Wildman–Crippen MR) is 51.4 cm³/mol. The van der Waals surface area contributed by atoms with E-state index >= 15 is 0 Å². The zero-order chi connectivity index (χ0) is 11.9. The van der Waals surface area contributed by atoms with Crippen molar-refractivity contribution >= 4 is 21.6 Å². The van der Waals surface area contributed by atoms with Gasteiger partial charge < -0.3 is 4.74 Å². The lowest BCUT2D eigenvalue weighted by Gasteiger charge is -2.27. The molecule has 0 saturated carbocycles. The Kier molecular flexibility index (Phi) is 2.55. The highest BCUT2D eigenvalue weighted by Crippen LogP contribution is 2.44. The van der Waals surface area contributed by atoms with Gasteiger partial charge in [-0.25, -0.2) is 0 Å². The molecule has 0 fully saturated rings. The van der Waals surface area contributed by atoms with Crippen molar-refractivity contribution in [2.75, 3.05) is 0 Å². The third-order valence-electron chi connectivity index (χ3n) is 1.92. The van der Waals surface area contributed by atoms with Gasteiger partial charge >= 0.3 is 6.29 Å². The van der Waals surface area contributed by atoms with E-state index in [1.807, 2.05) is 0 Å². The Morgan fingerprint density at radius 1 is 1.50 bits per heavy atom. The number of fused-ring (bicyclic) bond motifs is 1. The Labute approximate surface area is 96.2 Å². The molecule has 0 aromatic heterocycles. The monoisotopic (exact) mass is 295 g/mol. The Morgan fingerprint density at radius 3 is 2.81 bits per heavy atom. The fraction of sp³-hybridized carbons (Fsp3) is 0.250. The molecule has 1 aliphatic heterocycles. The lowest BCUT2D eigenvalue weighted by atomic mass is 10.2. The second kappa shape index (κ2) is 3.63. The minimum absolute atomic E-state index is 0.149. The highest BCUT2D eigenvalue weighted by Gasteiger charge is 2.43. The lowest BCUT2D eigenvalue weighted by molar-refractivity contribution is -0.386. The SMILES string of the molecule is O=[N+]([O-])c1ccc2c(c1)C(Br)OC(F)(F)O2. The number of nitro groups is 1. The van der Waals surface area contributed by atoms with Crippen LogP contribution in [0.1, 0.15) is 10.6 Å². The molecule has 0 radical (unpaired) electrons. The van der Waals surface area contributed by atoms with Gasteiger partial charge in [0.15, 0.2) is 5.01 Å². The number of rotatable bonds is 1. The van der Waals surface area contributed by atoms with Gasteiger partial charge in [-0.05, 0) is 6.07 Å². The maximum absolute atomic E-state index is 12.8. The van der Waals surface area contributed by atoms with Gasteiger partial charge in [-0.2, -0.15) is 0 Å². The Balaban J connectivity index is 2.45. The number of non-ortho nitro benzene ring substituents is 1. The molecule has 0 bridgehead atoms. The fourth-order valence-corrected chi connectivity index (χ4v) is 1.83. The fourth-order valence-electron chi connectivity index (χ4n) is 1.26. The van der Waals surface area contributed by atoms with Gasteiger partial charge in [-0.3, -0.25) is 14.9 Å². The van der Waals surface area contributed by atoms with E-state index in [0.29, 0.717) is 0 Å². The third kappa shape index (κ3) is 1.98. The van der Waals surface area contributed by atoms with Gasteiger partial charge in [-0.15, -0.1) is 8.78 Å². The summed E-state index contributed by atoms with van der Waals surface area (Å²) in [6.07, 6.45) is -3.74. The number of hydrogen-bond donors (Lipinski definition) is 0. The molecule has 1 aromatic rings. The van der Waals surface area contributed by atoms with E-state index in [4.69, 9.17) is 0 Å². The highest BCUT2D eigenvalue weighted by molar-refractivity contribution is 9.09. The Hall–Kier alpha value is -1.28. The molecule has 2 rings (SSSR count). The van der Waals surface area contributed by atoms with Crippen LogP contribution < -0.4 is 4.74 Å². The zero-order valence-electron chi connectivity index (χ0n) is 7.52. The van der Waals surface area contributed by atoms with Gasteiger partial charge in [0.2, 0.25) is 0 Å². The molecular weight excluding hydrogens is 292 g/mol. The smallest absolute Gasteiger partial charge is 0.409 e. The summed E-state index contributed by atoms with van der Waals surface area (Å²) in [7, 11) is 0. The van der Waals surface area contributed by atoms with Crippen LogP contribution in [-0.4, -0.2) is 11.2 Å². The second-order valence-electron chi connectivity index (χ2n) is 2.98. The van der Waals surface area contributed by atoms with E-state index in [2.05, 4.69) is 25.4 Å². The van der Waals surface area contributed by atoms with Gasteiger partial charge in [0.1, 0.15) is 5.75 Å². The molecule has 1 aromatic carbocycles. The summed E-state index contributed by atoms with van der Waals surface area (Å²) in [6.45, 7) is 0. The quantitative estimate of drug-likeness (QED) is 0.454. The number of hydrogen-bond acceptors (Lipinski definition) is 4. The van der Waals surface area contributed by atoms with E-state index < -0.39 is 16.2 Å². The Bertz CT molecular complexity index is 454. The van der Waals surface area contributed by atoms with Crippen molar-refractivity contribution in [2.45, 2.75) is 11.3 Å². The van der Waals surface area contributed by atoms with Gasteiger partial charge in [0.25, 0.3) is 5.69 Å². The number of nitrogens with zero attached hydrogens (tertiary/aromatic N) is 1. The van der Waals surface area contributed by atoms with Crippen LogP contribution in [0.2, 0.25) is 0 Å². The minimum Gasteiger partial charge on any atom is -0.409 e. The van der Waals surface area contributed by atoms with Crippen LogP contribution in [-0.2, 0) is 4.74 Å². The van der Waals surface area contributed by atoms with E-state index in [0.717, 1.165) is 18.2 Å². The van der Waals surface area contributed by atoms with Crippen molar-refractivity contribution in [1.29, 1.82) is 0 Å². The van der Waals surface area contributed by atoms with Crippen molar-refractivity contribution in [3.63, 3.8) is 0 Å². The minimum atomic E-state index is -3.74. The van der Waals surface area contributed by atoms with Gasteiger partial charge in [0.05, 0.1) is 4.92 Å². The van der Waals surface area contributed by atoms with Crippen molar-refractivity contribution in [1.82, 2.24) is 0 Å². The van der Waals surface area contributed by atoms with Crippen molar-refractivity contribution in [3.05, 3.63) is 33.9 Å². The normalized spacial score (nSPS) is 22.1. The third-order valence-corrected chi connectivity index (χ3v) is 2.60. The first-order valence-corrected chi connectivity index (χ1v) is 4.98. The zero-order valence-corrected chi connectivity index (χ0v) is 9.11. The molecule has 0 amide bonds. The number of nitro benzene ring substituents is 1. The summed E-state index contributed by atoms with van der Waals surface area (Å²) < 4.78 is 34.0. The first-order valence-electron chi connectivity index (χ1n) is 4.06. The maximum atomic E-state index is 12.8. The van der Waals surface area contributed by atoms with E-state index in [1.165, 1.54) is 0 Å². The summed E-state index contributed by atoms with van der Waals surface area (Å²) in [4.78, 5) is 9.85. The number of halogens is 3. The van der Waals surface area contributed by atoms with E-state index in [1.54, 1.807) is 0 Å². The molecule has 1 heterocycles. The first-order chi connectivity index (χ1) is 7.39. The van der Waals surface area contributed by atoms with Crippen LogP contribution in [0.3, 0.4) is 0 Å². The summed E-state index contributed by atoms with van der Waals surface area (Å²) >= 11 is 2.84. The topological polar surface area (TPSA) is 61.6 Å². The predicted octanol–water partition coefficient (Wildman–Crippen LogP) is 2.95. The largest absolute Gasteiger partial charge is 0.536 e. The van der Waals surface area contributed by atoms with Crippen LogP contribution in [0.5, 0.6) is 5.75 Å². The Morgan fingerprint density at radius 2 is 2.19 bits per heavy atom. The van der Waals surface area contributed by atoms with E-state index in [9.17, 15) is 18.9 Å². The number of benzene rings is 1. The second-order valence-corrected chi connectivity index (χ2v) is 3.81. The van der Waals surface area contributed by atoms with Crippen LogP contribution in [0.4, 0.5) is 14.5 Å². The number of alkyl halides is 3. The average Bonchev–Trinajstić information content (AvgIpc) is 2.15. The molecule has 86 valence electrons. The summed E-state index contributed by atoms with van der Waals surface area (Å²) in [5.41, 5.74) is -0.0688. The highest BCUT2D eigenvalue weighted by atomic mass is 79.9. The maximum Gasteiger partial charge on any atom is 0.536 e. The van der Waals surface area contributed by atoms with Gasteiger partial charge in [0, 0.05) is 17.7 Å². The van der Waals surface area contributed by atoms with Crippen molar-refractivity contribution < 1.29 is 23.2 Å². The molecular formula is C8H4BrF2NO4.